The van der Waals surface area contributed by atoms with E-state index in [1.165, 1.54) is 10.6 Å². The number of fused-ring (bicyclic) bond motifs is 1. The number of aryl methyl sites for hydroxylation is 1. The second-order valence-electron chi connectivity index (χ2n) is 6.27. The first-order valence-electron chi connectivity index (χ1n) is 8.64. The molecule has 142 valence electrons. The number of benzene rings is 2. The summed E-state index contributed by atoms with van der Waals surface area (Å²) in [6.07, 6.45) is 1.70. The average Bonchev–Trinajstić information content (AvgIpc) is 3.09. The third-order valence-electron chi connectivity index (χ3n) is 4.48. The zero-order valence-electron chi connectivity index (χ0n) is 14.9. The van der Waals surface area contributed by atoms with E-state index in [4.69, 9.17) is 11.6 Å². The van der Waals surface area contributed by atoms with Crippen LogP contribution >= 0.6 is 11.6 Å². The summed E-state index contributed by atoms with van der Waals surface area (Å²) in [6, 6.07) is 10.4. The topological polar surface area (TPSA) is 52.7 Å². The summed E-state index contributed by atoms with van der Waals surface area (Å²) in [5.74, 6) is -1.48. The van der Waals surface area contributed by atoms with Crippen LogP contribution in [-0.2, 0) is 13.0 Å². The van der Waals surface area contributed by atoms with Gasteiger partial charge in [0.2, 0.25) is 0 Å². The maximum Gasteiger partial charge on any atom is 0.286 e. The molecule has 0 spiro atoms. The van der Waals surface area contributed by atoms with Crippen molar-refractivity contribution in [3.8, 4) is 5.69 Å². The van der Waals surface area contributed by atoms with Crippen molar-refractivity contribution in [2.75, 3.05) is 0 Å². The molecule has 0 aliphatic carbocycles. The lowest BCUT2D eigenvalue weighted by atomic mass is 10.1. The van der Waals surface area contributed by atoms with Gasteiger partial charge in [0.1, 0.15) is 5.82 Å². The monoisotopic (exact) mass is 400 g/mol. The number of aromatic nitrogens is 4. The van der Waals surface area contributed by atoms with Crippen LogP contribution in [0.25, 0.3) is 16.9 Å². The molecule has 4 rings (SSSR count). The minimum Gasteiger partial charge on any atom is -0.315 e. The van der Waals surface area contributed by atoms with Gasteiger partial charge in [0.25, 0.3) is 5.56 Å². The van der Waals surface area contributed by atoms with Crippen molar-refractivity contribution in [3.63, 3.8) is 0 Å². The van der Waals surface area contributed by atoms with Gasteiger partial charge in [-0.25, -0.2) is 18.7 Å². The number of halogens is 3. The molecule has 0 bridgehead atoms. The minimum atomic E-state index is -0.947. The molecule has 8 heteroatoms. The van der Waals surface area contributed by atoms with Crippen molar-refractivity contribution >= 4 is 22.8 Å². The van der Waals surface area contributed by atoms with E-state index in [0.717, 1.165) is 12.1 Å². The maximum atomic E-state index is 13.7. The molecule has 2 heterocycles. The van der Waals surface area contributed by atoms with E-state index in [9.17, 15) is 13.6 Å². The molecule has 0 aliphatic heterocycles. The molecule has 2 aromatic carbocycles. The Bertz CT molecular complexity index is 1230. The average molecular weight is 401 g/mol. The summed E-state index contributed by atoms with van der Waals surface area (Å²) >= 11 is 5.96. The maximum absolute atomic E-state index is 13.7. The Labute approximate surface area is 163 Å². The van der Waals surface area contributed by atoms with Gasteiger partial charge < -0.3 is 4.57 Å². The normalized spacial score (nSPS) is 11.3. The van der Waals surface area contributed by atoms with Crippen LogP contribution in [0.2, 0.25) is 5.02 Å². The fraction of sp³-hybridized carbons (Fsp3) is 0.150. The van der Waals surface area contributed by atoms with Crippen molar-refractivity contribution in [1.29, 1.82) is 0 Å². The summed E-state index contributed by atoms with van der Waals surface area (Å²) in [6.45, 7) is 2.51. The van der Waals surface area contributed by atoms with E-state index in [0.29, 0.717) is 34.3 Å². The molecule has 0 fully saturated rings. The third kappa shape index (κ3) is 3.18. The van der Waals surface area contributed by atoms with Crippen LogP contribution in [0.15, 0.2) is 53.6 Å². The summed E-state index contributed by atoms with van der Waals surface area (Å²) < 4.78 is 30.1. The van der Waals surface area contributed by atoms with E-state index in [2.05, 4.69) is 9.97 Å². The minimum absolute atomic E-state index is 0.139. The molecule has 0 N–H and O–H groups in total. The van der Waals surface area contributed by atoms with E-state index in [1.54, 1.807) is 35.2 Å². The van der Waals surface area contributed by atoms with E-state index >= 15 is 0 Å². The van der Waals surface area contributed by atoms with Gasteiger partial charge in [-0.2, -0.15) is 0 Å². The molecule has 5 nitrogen and oxygen atoms in total. The van der Waals surface area contributed by atoms with E-state index < -0.39 is 11.6 Å². The number of imidazole rings is 1. The standard InChI is InChI=1S/C20H15ClF2N4O/c1-2-26-11-24-18-19(26)25-17(10-12-3-8-15(22)16(23)9-12)27(20(18)28)14-6-4-13(21)5-7-14/h3-9,11H,2,10H2,1H3. The molecule has 0 atom stereocenters. The van der Waals surface area contributed by atoms with E-state index in [1.807, 2.05) is 6.92 Å². The fourth-order valence-corrected chi connectivity index (χ4v) is 3.20. The predicted molar refractivity (Wildman–Crippen MR) is 103 cm³/mol. The zero-order chi connectivity index (χ0) is 19.8. The molecule has 0 aliphatic rings. The van der Waals surface area contributed by atoms with Gasteiger partial charge in [-0.05, 0) is 48.9 Å². The highest BCUT2D eigenvalue weighted by atomic mass is 35.5. The Kier molecular flexibility index (Phi) is 4.68. The smallest absolute Gasteiger partial charge is 0.286 e. The molecule has 28 heavy (non-hydrogen) atoms. The first-order chi connectivity index (χ1) is 13.5. The third-order valence-corrected chi connectivity index (χ3v) is 4.73. The van der Waals surface area contributed by atoms with Crippen molar-refractivity contribution in [2.45, 2.75) is 19.9 Å². The largest absolute Gasteiger partial charge is 0.315 e. The molecule has 4 aromatic rings. The highest BCUT2D eigenvalue weighted by molar-refractivity contribution is 6.30. The van der Waals surface area contributed by atoms with Crippen LogP contribution in [-0.4, -0.2) is 19.1 Å². The van der Waals surface area contributed by atoms with E-state index in [-0.39, 0.29) is 17.5 Å². The van der Waals surface area contributed by atoms with Crippen molar-refractivity contribution in [2.24, 2.45) is 0 Å². The summed E-state index contributed by atoms with van der Waals surface area (Å²) in [5, 5.41) is 0.531. The number of rotatable bonds is 4. The van der Waals surface area contributed by atoms with Gasteiger partial charge in [-0.1, -0.05) is 17.7 Å². The summed E-state index contributed by atoms with van der Waals surface area (Å²) in [7, 11) is 0. The van der Waals surface area contributed by atoms with Crippen molar-refractivity contribution in [3.05, 3.63) is 87.2 Å². The lowest BCUT2D eigenvalue weighted by Gasteiger charge is -2.13. The Morgan fingerprint density at radius 1 is 1.07 bits per heavy atom. The lowest BCUT2D eigenvalue weighted by molar-refractivity contribution is 0.507. The van der Waals surface area contributed by atoms with Gasteiger partial charge in [0.15, 0.2) is 22.8 Å². The SMILES string of the molecule is CCn1cnc2c(=O)n(-c3ccc(Cl)cc3)c(Cc3ccc(F)c(F)c3)nc21. The Balaban J connectivity index is 1.95. The van der Waals surface area contributed by atoms with Crippen LogP contribution in [0.3, 0.4) is 0 Å². The predicted octanol–water partition coefficient (Wildman–Crippen LogP) is 4.12. The fourth-order valence-electron chi connectivity index (χ4n) is 3.08. The molecule has 0 amide bonds. The number of nitrogens with zero attached hydrogens (tertiary/aromatic N) is 4. The second kappa shape index (κ2) is 7.16. The first kappa shape index (κ1) is 18.3. The second-order valence-corrected chi connectivity index (χ2v) is 6.71. The van der Waals surface area contributed by atoms with Crippen LogP contribution in [0.1, 0.15) is 18.3 Å². The van der Waals surface area contributed by atoms with Gasteiger partial charge >= 0.3 is 0 Å². The molecule has 0 radical (unpaired) electrons. The van der Waals surface area contributed by atoms with Gasteiger partial charge in [0.05, 0.1) is 12.0 Å². The van der Waals surface area contributed by atoms with Crippen molar-refractivity contribution < 1.29 is 8.78 Å². The summed E-state index contributed by atoms with van der Waals surface area (Å²) in [5.41, 5.74) is 1.42. The summed E-state index contributed by atoms with van der Waals surface area (Å²) in [4.78, 5) is 22.0. The molecule has 0 unspecified atom stereocenters. The molecular formula is C20H15ClF2N4O. The number of hydrogen-bond acceptors (Lipinski definition) is 3. The quantitative estimate of drug-likeness (QED) is 0.517. The Morgan fingerprint density at radius 3 is 2.50 bits per heavy atom. The number of hydrogen-bond donors (Lipinski definition) is 0. The highest BCUT2D eigenvalue weighted by Crippen LogP contribution is 2.19. The lowest BCUT2D eigenvalue weighted by Crippen LogP contribution is -2.24. The molecule has 0 saturated carbocycles. The zero-order valence-corrected chi connectivity index (χ0v) is 15.6. The molecular weight excluding hydrogens is 386 g/mol. The van der Waals surface area contributed by atoms with Gasteiger partial charge in [-0.3, -0.25) is 9.36 Å². The highest BCUT2D eigenvalue weighted by Gasteiger charge is 2.17. The van der Waals surface area contributed by atoms with Crippen LogP contribution in [0, 0.1) is 11.6 Å². The van der Waals surface area contributed by atoms with Crippen LogP contribution < -0.4 is 5.56 Å². The molecule has 0 saturated heterocycles. The molecule has 2 aromatic heterocycles. The first-order valence-corrected chi connectivity index (χ1v) is 9.02. The van der Waals surface area contributed by atoms with Crippen molar-refractivity contribution in [1.82, 2.24) is 19.1 Å². The Hall–Kier alpha value is -3.06. The van der Waals surface area contributed by atoms with Gasteiger partial charge in [0, 0.05) is 18.0 Å². The van der Waals surface area contributed by atoms with Crippen LogP contribution in [0.4, 0.5) is 8.78 Å². The Morgan fingerprint density at radius 2 is 1.82 bits per heavy atom. The van der Waals surface area contributed by atoms with Gasteiger partial charge in [-0.15, -0.1) is 0 Å². The van der Waals surface area contributed by atoms with Crippen LogP contribution in [0.5, 0.6) is 0 Å².